The maximum atomic E-state index is 11.5. The van der Waals surface area contributed by atoms with Gasteiger partial charge in [0.15, 0.2) is 0 Å². The molecule has 0 aliphatic rings. The summed E-state index contributed by atoms with van der Waals surface area (Å²) in [5.41, 5.74) is 5.49. The zero-order valence-corrected chi connectivity index (χ0v) is 24.5. The second-order valence-electron chi connectivity index (χ2n) is 11.4. The number of rotatable bonds is 28. The molecule has 3 heteroatoms. The third-order valence-electron chi connectivity index (χ3n) is 7.90. The first kappa shape index (κ1) is 34.3. The number of nitrogens with one attached hydrogen (secondary N) is 1. The quantitative estimate of drug-likeness (QED) is 0.104. The number of hydrogen-bond donors (Lipinski definition) is 2. The molecule has 2 unspecified atom stereocenters. The molecule has 0 radical (unpaired) electrons. The Bertz CT molecular complexity index is 426. The summed E-state index contributed by atoms with van der Waals surface area (Å²) in [5, 5.41) is 3.05. The lowest BCUT2D eigenvalue weighted by molar-refractivity contribution is 0.236. The van der Waals surface area contributed by atoms with Gasteiger partial charge in [0.1, 0.15) is 0 Å². The maximum absolute atomic E-state index is 11.5. The smallest absolute Gasteiger partial charge is 0.312 e. The van der Waals surface area contributed by atoms with Crippen LogP contribution in [0, 0.1) is 5.92 Å². The van der Waals surface area contributed by atoms with Crippen molar-refractivity contribution in [1.29, 1.82) is 0 Å². The first-order valence-corrected chi connectivity index (χ1v) is 16.2. The molecule has 0 spiro atoms. The molecule has 0 heterocycles. The van der Waals surface area contributed by atoms with Crippen LogP contribution in [0.5, 0.6) is 0 Å². The highest BCUT2D eigenvalue weighted by Gasteiger charge is 2.17. The molecular weight excluding hydrogens is 428 g/mol. The van der Waals surface area contributed by atoms with Crippen LogP contribution in [0.25, 0.3) is 0 Å². The number of hydrogen-bond acceptors (Lipinski definition) is 1. The number of carbonyl (C=O) groups excluding carboxylic acids is 1. The van der Waals surface area contributed by atoms with Gasteiger partial charge in [0.2, 0.25) is 0 Å². The standard InChI is InChI=1S/C32H66N2O/c1-4-6-8-10-12-14-16-18-20-22-24-26-28-30(3)31(34-32(33)35)29-27-25-23-21-19-17-15-13-11-9-7-5-2/h30-31H,4-29H2,1-3H3,(H3,33,34,35). The van der Waals surface area contributed by atoms with E-state index in [1.807, 2.05) is 0 Å². The molecule has 2 amide bonds. The van der Waals surface area contributed by atoms with Gasteiger partial charge in [-0.3, -0.25) is 0 Å². The van der Waals surface area contributed by atoms with Gasteiger partial charge >= 0.3 is 6.03 Å². The molecule has 3 N–H and O–H groups in total. The summed E-state index contributed by atoms with van der Waals surface area (Å²) < 4.78 is 0. The summed E-state index contributed by atoms with van der Waals surface area (Å²) in [7, 11) is 0. The lowest BCUT2D eigenvalue weighted by Crippen LogP contribution is -2.42. The van der Waals surface area contributed by atoms with Gasteiger partial charge in [-0.2, -0.15) is 0 Å². The first-order valence-electron chi connectivity index (χ1n) is 16.2. The Hall–Kier alpha value is -0.730. The van der Waals surface area contributed by atoms with E-state index in [-0.39, 0.29) is 12.1 Å². The van der Waals surface area contributed by atoms with Crippen LogP contribution in [0.2, 0.25) is 0 Å². The highest BCUT2D eigenvalue weighted by atomic mass is 16.2. The van der Waals surface area contributed by atoms with E-state index in [1.54, 1.807) is 0 Å². The summed E-state index contributed by atoms with van der Waals surface area (Å²) in [5.74, 6) is 0.526. The van der Waals surface area contributed by atoms with Gasteiger partial charge in [0, 0.05) is 6.04 Å². The average Bonchev–Trinajstić information content (AvgIpc) is 2.84. The highest BCUT2D eigenvalue weighted by Crippen LogP contribution is 2.20. The van der Waals surface area contributed by atoms with Crippen LogP contribution in [0.3, 0.4) is 0 Å². The van der Waals surface area contributed by atoms with Gasteiger partial charge in [-0.25, -0.2) is 4.79 Å². The van der Waals surface area contributed by atoms with Gasteiger partial charge in [-0.15, -0.1) is 0 Å². The fraction of sp³-hybridized carbons (Fsp3) is 0.969. The molecule has 0 fully saturated rings. The van der Waals surface area contributed by atoms with Crippen molar-refractivity contribution in [2.75, 3.05) is 0 Å². The molecule has 0 aromatic carbocycles. The molecule has 0 saturated carbocycles. The zero-order chi connectivity index (χ0) is 25.8. The Labute approximate surface area is 221 Å². The van der Waals surface area contributed by atoms with Crippen molar-refractivity contribution in [1.82, 2.24) is 5.32 Å². The molecule has 0 aliphatic carbocycles. The Morgan fingerprint density at radius 3 is 1.11 bits per heavy atom. The van der Waals surface area contributed by atoms with E-state index < -0.39 is 0 Å². The van der Waals surface area contributed by atoms with Crippen LogP contribution in [0.4, 0.5) is 4.79 Å². The molecule has 0 bridgehead atoms. The summed E-state index contributed by atoms with van der Waals surface area (Å²) >= 11 is 0. The molecule has 35 heavy (non-hydrogen) atoms. The van der Waals surface area contributed by atoms with Crippen molar-refractivity contribution in [2.45, 2.75) is 194 Å². The molecular formula is C32H66N2O. The normalized spacial score (nSPS) is 13.1. The predicted molar refractivity (Wildman–Crippen MR) is 157 cm³/mol. The Morgan fingerprint density at radius 1 is 0.514 bits per heavy atom. The van der Waals surface area contributed by atoms with E-state index in [9.17, 15) is 4.79 Å². The van der Waals surface area contributed by atoms with Crippen LogP contribution in [-0.2, 0) is 0 Å². The minimum Gasteiger partial charge on any atom is -0.352 e. The van der Waals surface area contributed by atoms with Crippen molar-refractivity contribution < 1.29 is 4.79 Å². The van der Waals surface area contributed by atoms with E-state index in [1.165, 1.54) is 161 Å². The predicted octanol–water partition coefficient (Wildman–Crippen LogP) is 10.8. The van der Waals surface area contributed by atoms with Crippen LogP contribution in [0.1, 0.15) is 188 Å². The van der Waals surface area contributed by atoms with Gasteiger partial charge in [-0.05, 0) is 18.8 Å². The first-order chi connectivity index (χ1) is 17.1. The lowest BCUT2D eigenvalue weighted by Gasteiger charge is -2.24. The SMILES string of the molecule is CCCCCCCCCCCCCCC(C)C(CCCCCCCCCCCCCC)NC(N)=O. The third-order valence-corrected chi connectivity index (χ3v) is 7.90. The number of urea groups is 1. The Kier molecular flexibility index (Phi) is 27.3. The number of carbonyl (C=O) groups is 1. The summed E-state index contributed by atoms with van der Waals surface area (Å²) in [6.45, 7) is 6.88. The molecule has 0 aromatic rings. The molecule has 210 valence electrons. The summed E-state index contributed by atoms with van der Waals surface area (Å²) in [4.78, 5) is 11.5. The Balaban J connectivity index is 3.68. The van der Waals surface area contributed by atoms with E-state index in [0.717, 1.165) is 6.42 Å². The van der Waals surface area contributed by atoms with Crippen molar-refractivity contribution >= 4 is 6.03 Å². The summed E-state index contributed by atoms with van der Waals surface area (Å²) in [6, 6.07) is -0.0983. The topological polar surface area (TPSA) is 55.1 Å². The zero-order valence-electron chi connectivity index (χ0n) is 24.5. The van der Waals surface area contributed by atoms with Gasteiger partial charge in [0.05, 0.1) is 0 Å². The van der Waals surface area contributed by atoms with E-state index in [4.69, 9.17) is 5.73 Å². The van der Waals surface area contributed by atoms with Gasteiger partial charge in [0.25, 0.3) is 0 Å². The van der Waals surface area contributed by atoms with E-state index in [2.05, 4.69) is 26.1 Å². The largest absolute Gasteiger partial charge is 0.352 e. The monoisotopic (exact) mass is 495 g/mol. The maximum Gasteiger partial charge on any atom is 0.312 e. The number of unbranched alkanes of at least 4 members (excludes halogenated alkanes) is 22. The minimum absolute atomic E-state index is 0.253. The second-order valence-corrected chi connectivity index (χ2v) is 11.4. The number of amides is 2. The minimum atomic E-state index is -0.351. The van der Waals surface area contributed by atoms with Crippen molar-refractivity contribution in [2.24, 2.45) is 11.7 Å². The Morgan fingerprint density at radius 2 is 0.800 bits per heavy atom. The second kappa shape index (κ2) is 27.9. The number of primary amides is 1. The fourth-order valence-electron chi connectivity index (χ4n) is 5.40. The molecule has 0 rings (SSSR count). The third kappa shape index (κ3) is 26.2. The molecule has 0 aromatic heterocycles. The van der Waals surface area contributed by atoms with Gasteiger partial charge in [-0.1, -0.05) is 175 Å². The molecule has 3 nitrogen and oxygen atoms in total. The van der Waals surface area contributed by atoms with Crippen LogP contribution >= 0.6 is 0 Å². The van der Waals surface area contributed by atoms with Crippen LogP contribution < -0.4 is 11.1 Å². The van der Waals surface area contributed by atoms with E-state index in [0.29, 0.717) is 5.92 Å². The highest BCUT2D eigenvalue weighted by molar-refractivity contribution is 5.71. The van der Waals surface area contributed by atoms with Crippen LogP contribution in [0.15, 0.2) is 0 Å². The number of nitrogens with two attached hydrogens (primary N) is 1. The lowest BCUT2D eigenvalue weighted by atomic mass is 9.91. The summed E-state index contributed by atoms with van der Waals surface area (Å²) in [6.07, 6.45) is 35.5. The van der Waals surface area contributed by atoms with Crippen molar-refractivity contribution in [3.63, 3.8) is 0 Å². The van der Waals surface area contributed by atoms with E-state index >= 15 is 0 Å². The van der Waals surface area contributed by atoms with Crippen molar-refractivity contribution in [3.8, 4) is 0 Å². The molecule has 0 saturated heterocycles. The average molecular weight is 495 g/mol. The molecule has 2 atom stereocenters. The fourth-order valence-corrected chi connectivity index (χ4v) is 5.40. The van der Waals surface area contributed by atoms with Crippen molar-refractivity contribution in [3.05, 3.63) is 0 Å². The molecule has 0 aliphatic heterocycles. The van der Waals surface area contributed by atoms with Gasteiger partial charge < -0.3 is 11.1 Å². The van der Waals surface area contributed by atoms with Crippen LogP contribution in [-0.4, -0.2) is 12.1 Å².